The summed E-state index contributed by atoms with van der Waals surface area (Å²) in [5, 5.41) is 0. The van der Waals surface area contributed by atoms with Crippen molar-refractivity contribution in [2.75, 3.05) is 4.90 Å². The van der Waals surface area contributed by atoms with E-state index in [4.69, 9.17) is 5.73 Å². The minimum absolute atomic E-state index is 0.191. The van der Waals surface area contributed by atoms with Crippen molar-refractivity contribution in [3.8, 4) is 0 Å². The maximum atomic E-state index is 12.4. The number of carbonyl (C=O) groups is 1. The standard InChI is InChI=1S/C16H24N2O/c1-12(2)18(16(19)10-13-4-3-5-13)15-8-6-14(11-17)7-9-15/h6-9,12-13H,3-5,10-11,17H2,1-2H3. The van der Waals surface area contributed by atoms with Gasteiger partial charge in [0.1, 0.15) is 0 Å². The van der Waals surface area contributed by atoms with Gasteiger partial charge >= 0.3 is 0 Å². The molecule has 3 nitrogen and oxygen atoms in total. The Kier molecular flexibility index (Phi) is 4.59. The van der Waals surface area contributed by atoms with Crippen LogP contribution in [0.25, 0.3) is 0 Å². The summed E-state index contributed by atoms with van der Waals surface area (Å²) in [4.78, 5) is 14.4. The zero-order valence-electron chi connectivity index (χ0n) is 11.9. The van der Waals surface area contributed by atoms with Gasteiger partial charge in [-0.3, -0.25) is 4.79 Å². The normalized spacial score (nSPS) is 15.4. The van der Waals surface area contributed by atoms with Crippen molar-refractivity contribution in [1.82, 2.24) is 0 Å². The second-order valence-corrected chi connectivity index (χ2v) is 5.73. The van der Waals surface area contributed by atoms with Crippen LogP contribution < -0.4 is 10.6 Å². The first-order chi connectivity index (χ1) is 9.11. The highest BCUT2D eigenvalue weighted by atomic mass is 16.2. The first-order valence-corrected chi connectivity index (χ1v) is 7.23. The van der Waals surface area contributed by atoms with Crippen LogP contribution in [0, 0.1) is 5.92 Å². The van der Waals surface area contributed by atoms with E-state index >= 15 is 0 Å². The molecule has 2 rings (SSSR count). The number of anilines is 1. The Morgan fingerprint density at radius 2 is 1.95 bits per heavy atom. The number of nitrogens with two attached hydrogens (primary N) is 1. The molecule has 0 aliphatic heterocycles. The summed E-state index contributed by atoms with van der Waals surface area (Å²) in [5.41, 5.74) is 7.69. The predicted octanol–water partition coefficient (Wildman–Crippen LogP) is 3.08. The number of rotatable bonds is 5. The Bertz CT molecular complexity index is 421. The maximum absolute atomic E-state index is 12.4. The van der Waals surface area contributed by atoms with Gasteiger partial charge in [-0.2, -0.15) is 0 Å². The van der Waals surface area contributed by atoms with Gasteiger partial charge in [0, 0.05) is 24.7 Å². The Labute approximate surface area is 115 Å². The molecule has 1 aliphatic carbocycles. The molecule has 1 aromatic rings. The van der Waals surface area contributed by atoms with E-state index < -0.39 is 0 Å². The van der Waals surface area contributed by atoms with Crippen molar-refractivity contribution in [3.05, 3.63) is 29.8 Å². The summed E-state index contributed by atoms with van der Waals surface area (Å²) >= 11 is 0. The molecule has 104 valence electrons. The molecule has 0 unspecified atom stereocenters. The quantitative estimate of drug-likeness (QED) is 0.884. The zero-order valence-corrected chi connectivity index (χ0v) is 11.9. The molecule has 3 heteroatoms. The van der Waals surface area contributed by atoms with Gasteiger partial charge < -0.3 is 10.6 Å². The Morgan fingerprint density at radius 3 is 2.37 bits per heavy atom. The molecule has 1 amide bonds. The van der Waals surface area contributed by atoms with Crippen LogP contribution in [0.15, 0.2) is 24.3 Å². The molecule has 2 N–H and O–H groups in total. The van der Waals surface area contributed by atoms with Gasteiger partial charge in [0.15, 0.2) is 0 Å². The molecule has 0 aromatic heterocycles. The third kappa shape index (κ3) is 3.35. The van der Waals surface area contributed by atoms with Crippen molar-refractivity contribution in [2.45, 2.75) is 52.1 Å². The van der Waals surface area contributed by atoms with Crippen molar-refractivity contribution in [3.63, 3.8) is 0 Å². The van der Waals surface area contributed by atoms with Crippen molar-refractivity contribution >= 4 is 11.6 Å². The molecule has 1 aromatic carbocycles. The number of nitrogens with zero attached hydrogens (tertiary/aromatic N) is 1. The van der Waals surface area contributed by atoms with E-state index in [1.54, 1.807) is 0 Å². The first-order valence-electron chi connectivity index (χ1n) is 7.23. The van der Waals surface area contributed by atoms with Gasteiger partial charge in [-0.15, -0.1) is 0 Å². The Balaban J connectivity index is 2.10. The van der Waals surface area contributed by atoms with E-state index in [0.717, 1.165) is 11.3 Å². The lowest BCUT2D eigenvalue weighted by Crippen LogP contribution is -2.38. The highest BCUT2D eigenvalue weighted by molar-refractivity contribution is 5.94. The lowest BCUT2D eigenvalue weighted by Gasteiger charge is -2.31. The molecule has 0 saturated heterocycles. The summed E-state index contributed by atoms with van der Waals surface area (Å²) in [5.74, 6) is 0.859. The fourth-order valence-electron chi connectivity index (χ4n) is 2.56. The third-order valence-corrected chi connectivity index (χ3v) is 3.92. The monoisotopic (exact) mass is 260 g/mol. The lowest BCUT2D eigenvalue weighted by molar-refractivity contribution is -0.120. The second kappa shape index (κ2) is 6.20. The summed E-state index contributed by atoms with van der Waals surface area (Å²) in [6.45, 7) is 4.67. The van der Waals surface area contributed by atoms with E-state index in [1.165, 1.54) is 19.3 Å². The molecular formula is C16H24N2O. The molecular weight excluding hydrogens is 236 g/mol. The number of hydrogen-bond acceptors (Lipinski definition) is 2. The number of carbonyl (C=O) groups excluding carboxylic acids is 1. The van der Waals surface area contributed by atoms with Crippen LogP contribution in [-0.2, 0) is 11.3 Å². The van der Waals surface area contributed by atoms with E-state index in [0.29, 0.717) is 18.9 Å². The Morgan fingerprint density at radius 1 is 1.32 bits per heavy atom. The van der Waals surface area contributed by atoms with Gasteiger partial charge in [-0.25, -0.2) is 0 Å². The van der Waals surface area contributed by atoms with E-state index in [9.17, 15) is 4.79 Å². The molecule has 0 bridgehead atoms. The first kappa shape index (κ1) is 14.1. The van der Waals surface area contributed by atoms with Crippen LogP contribution >= 0.6 is 0 Å². The third-order valence-electron chi connectivity index (χ3n) is 3.92. The number of amides is 1. The predicted molar refractivity (Wildman–Crippen MR) is 78.9 cm³/mol. The fourth-order valence-corrected chi connectivity index (χ4v) is 2.56. The average Bonchev–Trinajstić information content (AvgIpc) is 2.34. The summed E-state index contributed by atoms with van der Waals surface area (Å²) in [6.07, 6.45) is 4.40. The molecule has 1 saturated carbocycles. The number of hydrogen-bond donors (Lipinski definition) is 1. The van der Waals surface area contributed by atoms with Crippen LogP contribution in [0.3, 0.4) is 0 Å². The van der Waals surface area contributed by atoms with Crippen LogP contribution in [0.1, 0.15) is 45.1 Å². The molecule has 0 heterocycles. The minimum Gasteiger partial charge on any atom is -0.326 e. The van der Waals surface area contributed by atoms with Gasteiger partial charge in [-0.1, -0.05) is 18.6 Å². The van der Waals surface area contributed by atoms with E-state index in [-0.39, 0.29) is 11.9 Å². The fraction of sp³-hybridized carbons (Fsp3) is 0.562. The molecule has 1 fully saturated rings. The highest BCUT2D eigenvalue weighted by Gasteiger charge is 2.25. The second-order valence-electron chi connectivity index (χ2n) is 5.73. The van der Waals surface area contributed by atoms with Crippen molar-refractivity contribution in [2.24, 2.45) is 11.7 Å². The molecule has 0 atom stereocenters. The lowest BCUT2D eigenvalue weighted by atomic mass is 9.82. The minimum atomic E-state index is 0.191. The molecule has 19 heavy (non-hydrogen) atoms. The van der Waals surface area contributed by atoms with Crippen LogP contribution in [0.5, 0.6) is 0 Å². The topological polar surface area (TPSA) is 46.3 Å². The molecule has 1 aliphatic rings. The summed E-state index contributed by atoms with van der Waals surface area (Å²) < 4.78 is 0. The summed E-state index contributed by atoms with van der Waals surface area (Å²) in [7, 11) is 0. The SMILES string of the molecule is CC(C)N(C(=O)CC1CCC1)c1ccc(CN)cc1. The zero-order chi connectivity index (χ0) is 13.8. The average molecular weight is 260 g/mol. The smallest absolute Gasteiger partial charge is 0.227 e. The van der Waals surface area contributed by atoms with Crippen LogP contribution in [-0.4, -0.2) is 11.9 Å². The van der Waals surface area contributed by atoms with Gasteiger partial charge in [0.2, 0.25) is 5.91 Å². The van der Waals surface area contributed by atoms with Crippen molar-refractivity contribution in [1.29, 1.82) is 0 Å². The maximum Gasteiger partial charge on any atom is 0.227 e. The van der Waals surface area contributed by atoms with E-state index in [2.05, 4.69) is 13.8 Å². The molecule has 0 radical (unpaired) electrons. The largest absolute Gasteiger partial charge is 0.326 e. The highest BCUT2D eigenvalue weighted by Crippen LogP contribution is 2.31. The van der Waals surface area contributed by atoms with Gasteiger partial charge in [-0.05, 0) is 50.3 Å². The van der Waals surface area contributed by atoms with Crippen LogP contribution in [0.2, 0.25) is 0 Å². The van der Waals surface area contributed by atoms with Gasteiger partial charge in [0.25, 0.3) is 0 Å². The van der Waals surface area contributed by atoms with Crippen molar-refractivity contribution < 1.29 is 4.79 Å². The summed E-state index contributed by atoms with van der Waals surface area (Å²) in [6, 6.07) is 8.20. The van der Waals surface area contributed by atoms with E-state index in [1.807, 2.05) is 29.2 Å². The van der Waals surface area contributed by atoms with Crippen LogP contribution in [0.4, 0.5) is 5.69 Å². The molecule has 0 spiro atoms. The number of benzene rings is 1. The Hall–Kier alpha value is -1.35. The van der Waals surface area contributed by atoms with Gasteiger partial charge in [0.05, 0.1) is 0 Å².